The number of piperidine rings is 1. The predicted octanol–water partition coefficient (Wildman–Crippen LogP) is 3.54. The average molecular weight is 598 g/mol. The molecule has 1 fully saturated rings. The highest BCUT2D eigenvalue weighted by molar-refractivity contribution is 7.21. The number of amides is 1. The summed E-state index contributed by atoms with van der Waals surface area (Å²) in [5, 5.41) is 12.9. The lowest BCUT2D eigenvalue weighted by Crippen LogP contribution is -2.47. The molecule has 1 saturated heterocycles. The highest BCUT2D eigenvalue weighted by atomic mass is 32.1. The molecule has 0 bridgehead atoms. The Morgan fingerprint density at radius 2 is 1.83 bits per heavy atom. The zero-order valence-electron chi connectivity index (χ0n) is 24.6. The van der Waals surface area contributed by atoms with E-state index in [9.17, 15) is 14.4 Å². The number of methoxy groups -OCH3 is 2. The molecule has 0 saturated carbocycles. The Hall–Kier alpha value is -4.20. The van der Waals surface area contributed by atoms with E-state index in [0.29, 0.717) is 60.0 Å². The number of likely N-dealkylation sites (tertiary alicyclic amines) is 1. The summed E-state index contributed by atoms with van der Waals surface area (Å²) in [4.78, 5) is 45.0. The summed E-state index contributed by atoms with van der Waals surface area (Å²) >= 11 is 1.31. The van der Waals surface area contributed by atoms with Crippen LogP contribution in [-0.2, 0) is 17.8 Å². The second-order valence-electron chi connectivity index (χ2n) is 11.0. The fourth-order valence-electron chi connectivity index (χ4n) is 5.02. The first-order valence-corrected chi connectivity index (χ1v) is 14.6. The van der Waals surface area contributed by atoms with E-state index >= 15 is 0 Å². The molecule has 1 aromatic carbocycles. The van der Waals surface area contributed by atoms with Crippen molar-refractivity contribution in [1.29, 1.82) is 0 Å². The van der Waals surface area contributed by atoms with Crippen LogP contribution in [0.25, 0.3) is 20.7 Å². The summed E-state index contributed by atoms with van der Waals surface area (Å²) in [7, 11) is 3.16. The molecule has 42 heavy (non-hydrogen) atoms. The molecular formula is C28H35N7O6S. The molecule has 0 aliphatic carbocycles. The number of tetrazole rings is 1. The van der Waals surface area contributed by atoms with Gasteiger partial charge in [0, 0.05) is 29.6 Å². The van der Waals surface area contributed by atoms with Gasteiger partial charge in [0.25, 0.3) is 5.56 Å². The minimum atomic E-state index is -0.612. The Morgan fingerprint density at radius 1 is 1.10 bits per heavy atom. The van der Waals surface area contributed by atoms with Crippen molar-refractivity contribution in [1.82, 2.24) is 34.2 Å². The van der Waals surface area contributed by atoms with Crippen molar-refractivity contribution in [3.8, 4) is 21.9 Å². The Morgan fingerprint density at radius 3 is 2.45 bits per heavy atom. The highest BCUT2D eigenvalue weighted by Crippen LogP contribution is 2.39. The third kappa shape index (κ3) is 5.75. The third-order valence-electron chi connectivity index (χ3n) is 7.07. The van der Waals surface area contributed by atoms with Crippen LogP contribution >= 0.6 is 11.3 Å². The number of aryl methyl sites for hydroxylation is 1. The summed E-state index contributed by atoms with van der Waals surface area (Å²) < 4.78 is 19.4. The van der Waals surface area contributed by atoms with E-state index in [-0.39, 0.29) is 12.1 Å². The SMILES string of the molecule is CCn1nnc(Cn2c(=O)n(C3CCN(C(=O)OC(C)(C)C)CC3)c(=O)c3cc(-c4cc(OC)ccc4OC)sc32)n1. The van der Waals surface area contributed by atoms with E-state index in [2.05, 4.69) is 15.4 Å². The molecule has 0 radical (unpaired) electrons. The van der Waals surface area contributed by atoms with E-state index < -0.39 is 23.4 Å². The molecule has 3 aromatic heterocycles. The third-order valence-corrected chi connectivity index (χ3v) is 8.27. The first kappa shape index (κ1) is 29.3. The number of nitrogens with zero attached hydrogens (tertiary/aromatic N) is 7. The van der Waals surface area contributed by atoms with Crippen molar-refractivity contribution in [3.63, 3.8) is 0 Å². The van der Waals surface area contributed by atoms with Gasteiger partial charge in [-0.2, -0.15) is 4.80 Å². The number of carbonyl (C=O) groups excluding carboxylic acids is 1. The van der Waals surface area contributed by atoms with E-state index in [0.717, 1.165) is 10.4 Å². The summed E-state index contributed by atoms with van der Waals surface area (Å²) in [6, 6.07) is 6.83. The van der Waals surface area contributed by atoms with Crippen LogP contribution in [0, 0.1) is 0 Å². The maximum atomic E-state index is 14.1. The van der Waals surface area contributed by atoms with Gasteiger partial charge in [0.15, 0.2) is 5.82 Å². The maximum Gasteiger partial charge on any atom is 0.410 e. The Bertz CT molecular complexity index is 1720. The predicted molar refractivity (Wildman–Crippen MR) is 158 cm³/mol. The van der Waals surface area contributed by atoms with Gasteiger partial charge in [0.05, 0.1) is 32.7 Å². The molecule has 0 N–H and O–H groups in total. The summed E-state index contributed by atoms with van der Waals surface area (Å²) in [5.74, 6) is 1.60. The number of hydrogen-bond donors (Lipinski definition) is 0. The van der Waals surface area contributed by atoms with Crippen LogP contribution in [-0.4, -0.2) is 73.2 Å². The molecule has 4 heterocycles. The zero-order chi connectivity index (χ0) is 30.2. The molecule has 1 amide bonds. The lowest BCUT2D eigenvalue weighted by Gasteiger charge is -2.34. The van der Waals surface area contributed by atoms with Crippen molar-refractivity contribution in [3.05, 3.63) is 50.9 Å². The fourth-order valence-corrected chi connectivity index (χ4v) is 6.18. The standard InChI is InChI=1S/C28H35N7O6S/c1-7-34-30-23(29-31-34)16-33-25-20(15-22(42-25)19-14-18(39-5)8-9-21(19)40-6)24(36)35(26(33)37)17-10-12-32(13-11-17)27(38)41-28(2,3)4/h8-9,14-15,17H,7,10-13,16H2,1-6H3. The first-order chi connectivity index (χ1) is 20.0. The lowest BCUT2D eigenvalue weighted by atomic mass is 10.0. The van der Waals surface area contributed by atoms with E-state index in [1.807, 2.05) is 33.8 Å². The normalized spacial score (nSPS) is 14.4. The number of rotatable bonds is 7. The van der Waals surface area contributed by atoms with Crippen molar-refractivity contribution < 1.29 is 19.0 Å². The van der Waals surface area contributed by atoms with Gasteiger partial charge >= 0.3 is 11.8 Å². The van der Waals surface area contributed by atoms with E-state index in [4.69, 9.17) is 14.2 Å². The molecule has 1 aliphatic rings. The van der Waals surface area contributed by atoms with E-state index in [1.54, 1.807) is 37.3 Å². The smallest absolute Gasteiger partial charge is 0.410 e. The number of hydrogen-bond acceptors (Lipinski definition) is 10. The van der Waals surface area contributed by atoms with Crippen LogP contribution in [0.15, 0.2) is 33.9 Å². The first-order valence-electron chi connectivity index (χ1n) is 13.8. The van der Waals surface area contributed by atoms with Gasteiger partial charge in [-0.3, -0.25) is 13.9 Å². The maximum absolute atomic E-state index is 14.1. The van der Waals surface area contributed by atoms with Gasteiger partial charge in [-0.25, -0.2) is 9.59 Å². The number of ether oxygens (including phenoxy) is 3. The van der Waals surface area contributed by atoms with Crippen LogP contribution in [0.3, 0.4) is 0 Å². The van der Waals surface area contributed by atoms with Crippen LogP contribution in [0.2, 0.25) is 0 Å². The molecule has 0 unspecified atom stereocenters. The Balaban J connectivity index is 1.59. The molecule has 5 rings (SSSR count). The van der Waals surface area contributed by atoms with Gasteiger partial charge in [0.1, 0.15) is 21.9 Å². The zero-order valence-corrected chi connectivity index (χ0v) is 25.4. The van der Waals surface area contributed by atoms with Gasteiger partial charge in [0.2, 0.25) is 0 Å². The quantitative estimate of drug-likeness (QED) is 0.313. The largest absolute Gasteiger partial charge is 0.497 e. The minimum absolute atomic E-state index is 0.0432. The Kier molecular flexibility index (Phi) is 8.08. The van der Waals surface area contributed by atoms with Crippen LogP contribution < -0.4 is 20.7 Å². The van der Waals surface area contributed by atoms with Crippen molar-refractivity contribution in [2.24, 2.45) is 0 Å². The molecule has 14 heteroatoms. The van der Waals surface area contributed by atoms with Crippen LogP contribution in [0.1, 0.15) is 52.4 Å². The van der Waals surface area contributed by atoms with Crippen molar-refractivity contribution in [2.75, 3.05) is 27.3 Å². The summed E-state index contributed by atoms with van der Waals surface area (Å²) in [6.45, 7) is 8.66. The van der Waals surface area contributed by atoms with Crippen LogP contribution in [0.4, 0.5) is 4.79 Å². The van der Waals surface area contributed by atoms with Gasteiger partial charge in [-0.1, -0.05) is 0 Å². The monoisotopic (exact) mass is 597 g/mol. The van der Waals surface area contributed by atoms with Gasteiger partial charge < -0.3 is 19.1 Å². The molecule has 0 spiro atoms. The number of thiophene rings is 1. The number of aromatic nitrogens is 6. The minimum Gasteiger partial charge on any atom is -0.497 e. The molecule has 224 valence electrons. The molecule has 0 atom stereocenters. The second-order valence-corrected chi connectivity index (χ2v) is 12.1. The Labute approximate surface area is 246 Å². The fraction of sp³-hybridized carbons (Fsp3) is 0.500. The molecule has 1 aliphatic heterocycles. The lowest BCUT2D eigenvalue weighted by molar-refractivity contribution is 0.0186. The summed E-state index contributed by atoms with van der Waals surface area (Å²) in [6.07, 6.45) is 0.469. The molecule has 13 nitrogen and oxygen atoms in total. The van der Waals surface area contributed by atoms with Gasteiger partial charge in [-0.05, 0) is 70.0 Å². The number of fused-ring (bicyclic) bond motifs is 1. The summed E-state index contributed by atoms with van der Waals surface area (Å²) in [5.41, 5.74) is -0.707. The van der Waals surface area contributed by atoms with Crippen molar-refractivity contribution >= 4 is 27.6 Å². The van der Waals surface area contributed by atoms with Gasteiger partial charge in [-0.15, -0.1) is 21.5 Å². The molecule has 4 aromatic rings. The highest BCUT2D eigenvalue weighted by Gasteiger charge is 2.30. The topological polar surface area (TPSA) is 136 Å². The van der Waals surface area contributed by atoms with E-state index in [1.165, 1.54) is 25.3 Å². The van der Waals surface area contributed by atoms with Crippen LogP contribution in [0.5, 0.6) is 11.5 Å². The van der Waals surface area contributed by atoms with Crippen molar-refractivity contribution in [2.45, 2.75) is 65.3 Å². The number of benzene rings is 1. The second kappa shape index (κ2) is 11.6. The molecular weight excluding hydrogens is 562 g/mol. The number of carbonyl (C=O) groups is 1. The average Bonchev–Trinajstić information content (AvgIpc) is 3.62.